The van der Waals surface area contributed by atoms with Gasteiger partial charge in [-0.05, 0) is 95.4 Å². The lowest BCUT2D eigenvalue weighted by Crippen LogP contribution is -2.26. The molecule has 8 aromatic carbocycles. The molecule has 0 fully saturated rings. The van der Waals surface area contributed by atoms with E-state index < -0.39 is 5.41 Å². The average molecular weight is 647 g/mol. The van der Waals surface area contributed by atoms with Crippen molar-refractivity contribution >= 4 is 21.5 Å². The highest BCUT2D eigenvalue weighted by Crippen LogP contribution is 2.65. The number of hydrogen-bond acceptors (Lipinski definition) is 2. The summed E-state index contributed by atoms with van der Waals surface area (Å²) in [5.41, 5.74) is 16.7. The molecule has 0 radical (unpaired) electrons. The first kappa shape index (κ1) is 28.2. The summed E-state index contributed by atoms with van der Waals surface area (Å²) in [7, 11) is 0. The quantitative estimate of drug-likeness (QED) is 0.191. The molecular weight excluding hydrogens is 617 g/mol. The minimum absolute atomic E-state index is 0.418. The van der Waals surface area contributed by atoms with Gasteiger partial charge in [-0.3, -0.25) is 0 Å². The van der Waals surface area contributed by atoms with Gasteiger partial charge in [0.1, 0.15) is 0 Å². The van der Waals surface area contributed by atoms with Gasteiger partial charge in [0.2, 0.25) is 0 Å². The maximum Gasteiger partial charge on any atom is 0.0930 e. The van der Waals surface area contributed by atoms with Crippen molar-refractivity contribution < 1.29 is 0 Å². The molecule has 0 N–H and O–H groups in total. The topological polar surface area (TPSA) is 25.8 Å². The Morgan fingerprint density at radius 3 is 1.49 bits per heavy atom. The van der Waals surface area contributed by atoms with Gasteiger partial charge in [0.25, 0.3) is 0 Å². The molecule has 2 nitrogen and oxygen atoms in total. The first-order chi connectivity index (χ1) is 25.3. The molecule has 1 spiro atoms. The summed E-state index contributed by atoms with van der Waals surface area (Å²) in [5, 5.41) is 14.2. The highest BCUT2D eigenvalue weighted by Gasteiger charge is 2.53. The van der Waals surface area contributed by atoms with Crippen molar-refractivity contribution in [3.63, 3.8) is 0 Å². The summed E-state index contributed by atoms with van der Waals surface area (Å²) in [6.07, 6.45) is 0. The number of benzene rings is 8. The number of fused-ring (bicyclic) bond motifs is 14. The van der Waals surface area contributed by atoms with Gasteiger partial charge in [0.15, 0.2) is 0 Å². The van der Waals surface area contributed by atoms with E-state index in [1.54, 1.807) is 0 Å². The van der Waals surface area contributed by atoms with Gasteiger partial charge in [0.05, 0.1) is 16.8 Å². The zero-order valence-corrected chi connectivity index (χ0v) is 27.7. The van der Waals surface area contributed by atoms with Gasteiger partial charge >= 0.3 is 0 Å². The van der Waals surface area contributed by atoms with E-state index in [1.807, 2.05) is 24.3 Å². The zero-order chi connectivity index (χ0) is 33.5. The van der Waals surface area contributed by atoms with Crippen molar-refractivity contribution in [1.29, 1.82) is 0 Å². The van der Waals surface area contributed by atoms with Crippen LogP contribution in [0.15, 0.2) is 182 Å². The number of aromatic nitrogens is 2. The van der Waals surface area contributed by atoms with E-state index in [0.29, 0.717) is 0 Å². The van der Waals surface area contributed by atoms with Crippen LogP contribution < -0.4 is 0 Å². The third-order valence-corrected chi connectivity index (χ3v) is 11.2. The van der Waals surface area contributed by atoms with Gasteiger partial charge in [-0.15, -0.1) is 10.2 Å². The summed E-state index contributed by atoms with van der Waals surface area (Å²) in [4.78, 5) is 0. The molecule has 51 heavy (non-hydrogen) atoms. The van der Waals surface area contributed by atoms with E-state index in [-0.39, 0.29) is 0 Å². The van der Waals surface area contributed by atoms with Crippen molar-refractivity contribution in [3.05, 3.63) is 204 Å². The van der Waals surface area contributed by atoms with Crippen LogP contribution in [0, 0.1) is 0 Å². The average Bonchev–Trinajstić information content (AvgIpc) is 3.69. The molecular formula is C49H30N2. The second kappa shape index (κ2) is 10.7. The SMILES string of the molecule is c1ccc(-c2ccc(-c3ccc(-c4ccc5c6c(ccc5c4)-c4ccc5ccccc5c4C64c5ccccc5-c5ccccc54)cc3)nn2)cc1. The van der Waals surface area contributed by atoms with E-state index in [1.165, 1.54) is 77.2 Å². The van der Waals surface area contributed by atoms with Gasteiger partial charge in [0, 0.05) is 11.1 Å². The van der Waals surface area contributed by atoms with E-state index >= 15 is 0 Å². The van der Waals surface area contributed by atoms with Crippen LogP contribution in [0.4, 0.5) is 0 Å². The second-order valence-electron chi connectivity index (χ2n) is 13.7. The maximum atomic E-state index is 4.55. The van der Waals surface area contributed by atoms with Crippen LogP contribution in [0.3, 0.4) is 0 Å². The normalized spacial score (nSPS) is 13.3. The first-order valence-corrected chi connectivity index (χ1v) is 17.6. The molecule has 1 aromatic heterocycles. The Morgan fingerprint density at radius 2 is 0.824 bits per heavy atom. The Hall–Kier alpha value is -6.64. The Balaban J connectivity index is 1.07. The Bertz CT molecular complexity index is 2790. The molecule has 0 amide bonds. The first-order valence-electron chi connectivity index (χ1n) is 17.6. The third-order valence-electron chi connectivity index (χ3n) is 11.2. The Morgan fingerprint density at radius 1 is 0.314 bits per heavy atom. The summed E-state index contributed by atoms with van der Waals surface area (Å²) in [6, 6.07) is 66.4. The predicted molar refractivity (Wildman–Crippen MR) is 210 cm³/mol. The van der Waals surface area contributed by atoms with Gasteiger partial charge in [-0.1, -0.05) is 164 Å². The van der Waals surface area contributed by atoms with E-state index in [2.05, 4.69) is 168 Å². The van der Waals surface area contributed by atoms with Crippen LogP contribution in [-0.2, 0) is 5.41 Å². The number of hydrogen-bond donors (Lipinski definition) is 0. The molecule has 1 heterocycles. The molecule has 2 heteroatoms. The number of nitrogens with zero attached hydrogens (tertiary/aromatic N) is 2. The third kappa shape index (κ3) is 3.93. The predicted octanol–water partition coefficient (Wildman–Crippen LogP) is 12.1. The molecule has 0 bridgehead atoms. The van der Waals surface area contributed by atoms with Crippen LogP contribution in [0.2, 0.25) is 0 Å². The fourth-order valence-electron chi connectivity index (χ4n) is 9.02. The molecule has 236 valence electrons. The van der Waals surface area contributed by atoms with Gasteiger partial charge < -0.3 is 0 Å². The minimum Gasteiger partial charge on any atom is -0.150 e. The summed E-state index contributed by atoms with van der Waals surface area (Å²) in [5.74, 6) is 0. The summed E-state index contributed by atoms with van der Waals surface area (Å²) < 4.78 is 0. The molecule has 0 saturated heterocycles. The lowest BCUT2D eigenvalue weighted by Gasteiger charge is -2.32. The molecule has 0 saturated carbocycles. The molecule has 2 aliphatic carbocycles. The Kier molecular flexibility index (Phi) is 5.91. The molecule has 9 aromatic rings. The van der Waals surface area contributed by atoms with Crippen molar-refractivity contribution in [2.24, 2.45) is 0 Å². The zero-order valence-electron chi connectivity index (χ0n) is 27.7. The fraction of sp³-hybridized carbons (Fsp3) is 0.0204. The Labute approximate surface area is 296 Å². The van der Waals surface area contributed by atoms with Crippen LogP contribution in [-0.4, -0.2) is 10.2 Å². The van der Waals surface area contributed by atoms with Gasteiger partial charge in [-0.2, -0.15) is 0 Å². The lowest BCUT2D eigenvalue weighted by molar-refractivity contribution is 0.809. The van der Waals surface area contributed by atoms with Crippen LogP contribution in [0.25, 0.3) is 77.4 Å². The fourth-order valence-corrected chi connectivity index (χ4v) is 9.02. The van der Waals surface area contributed by atoms with Crippen molar-refractivity contribution in [3.8, 4) is 55.9 Å². The molecule has 11 rings (SSSR count). The van der Waals surface area contributed by atoms with E-state index in [9.17, 15) is 0 Å². The van der Waals surface area contributed by atoms with Crippen LogP contribution in [0.5, 0.6) is 0 Å². The molecule has 0 unspecified atom stereocenters. The molecule has 2 aliphatic rings. The largest absolute Gasteiger partial charge is 0.150 e. The van der Waals surface area contributed by atoms with Crippen LogP contribution >= 0.6 is 0 Å². The van der Waals surface area contributed by atoms with Gasteiger partial charge in [-0.25, -0.2) is 0 Å². The monoisotopic (exact) mass is 646 g/mol. The van der Waals surface area contributed by atoms with Crippen molar-refractivity contribution in [1.82, 2.24) is 10.2 Å². The van der Waals surface area contributed by atoms with E-state index in [4.69, 9.17) is 0 Å². The number of rotatable bonds is 3. The summed E-state index contributed by atoms with van der Waals surface area (Å²) >= 11 is 0. The second-order valence-corrected chi connectivity index (χ2v) is 13.7. The molecule has 0 aliphatic heterocycles. The van der Waals surface area contributed by atoms with Crippen molar-refractivity contribution in [2.45, 2.75) is 5.41 Å². The highest BCUT2D eigenvalue weighted by molar-refractivity contribution is 6.09. The van der Waals surface area contributed by atoms with Crippen molar-refractivity contribution in [2.75, 3.05) is 0 Å². The minimum atomic E-state index is -0.418. The molecule has 0 atom stereocenters. The maximum absolute atomic E-state index is 4.55. The highest BCUT2D eigenvalue weighted by atomic mass is 15.1. The van der Waals surface area contributed by atoms with Crippen LogP contribution in [0.1, 0.15) is 22.3 Å². The lowest BCUT2D eigenvalue weighted by atomic mass is 9.68. The van der Waals surface area contributed by atoms with E-state index in [0.717, 1.165) is 22.5 Å². The smallest absolute Gasteiger partial charge is 0.0930 e. The standard InChI is InChI=1S/C49H30N2/c1-2-11-33(12-3-1)45-28-29-46(51-50-45)34-20-18-31(19-21-34)35-23-25-38-36(30-35)24-27-42-41-26-22-32-10-4-5-13-37(32)47(41)49(48(38)42)43-16-8-6-14-39(43)40-15-7-9-17-44(40)49/h1-30H. The summed E-state index contributed by atoms with van der Waals surface area (Å²) in [6.45, 7) is 0.